The summed E-state index contributed by atoms with van der Waals surface area (Å²) in [6.45, 7) is 3.28. The normalized spacial score (nSPS) is 21.2. The van der Waals surface area contributed by atoms with Gasteiger partial charge in [-0.25, -0.2) is 0 Å². The number of rotatable bonds is 7. The lowest BCUT2D eigenvalue weighted by molar-refractivity contribution is -0.121. The van der Waals surface area contributed by atoms with Gasteiger partial charge in [-0.3, -0.25) is 4.79 Å². The topological polar surface area (TPSA) is 58.6 Å². The van der Waals surface area contributed by atoms with Gasteiger partial charge in [-0.05, 0) is 50.7 Å². The molecule has 0 bridgehead atoms. The molecule has 0 heterocycles. The average Bonchev–Trinajstić information content (AvgIpc) is 2.89. The van der Waals surface area contributed by atoms with Crippen LogP contribution in [0.5, 0.6) is 5.75 Å². The van der Waals surface area contributed by atoms with E-state index in [1.807, 2.05) is 31.2 Å². The van der Waals surface area contributed by atoms with Crippen LogP contribution in [-0.2, 0) is 4.79 Å². The minimum atomic E-state index is -0.171. The van der Waals surface area contributed by atoms with Crippen molar-refractivity contribution in [2.45, 2.75) is 45.1 Å². The van der Waals surface area contributed by atoms with E-state index in [-0.39, 0.29) is 12.0 Å². The molecule has 1 amide bonds. The number of carbonyl (C=O) groups is 1. The molecule has 1 aromatic rings. The second-order valence-corrected chi connectivity index (χ2v) is 5.90. The third-order valence-electron chi connectivity index (χ3n) is 3.94. The van der Waals surface area contributed by atoms with Crippen molar-refractivity contribution < 1.29 is 14.6 Å². The third-order valence-corrected chi connectivity index (χ3v) is 3.94. The summed E-state index contributed by atoms with van der Waals surface area (Å²) in [7, 11) is 0. The zero-order valence-corrected chi connectivity index (χ0v) is 12.7. The number of hydrogen-bond acceptors (Lipinski definition) is 3. The fraction of sp³-hybridized carbons (Fsp3) is 0.588. The number of hydrogen-bond donors (Lipinski definition) is 2. The molecule has 0 aromatic heterocycles. The van der Waals surface area contributed by atoms with Gasteiger partial charge in [0.2, 0.25) is 5.91 Å². The molecule has 1 fully saturated rings. The van der Waals surface area contributed by atoms with E-state index in [0.29, 0.717) is 31.9 Å². The predicted molar refractivity (Wildman–Crippen MR) is 82.3 cm³/mol. The maximum absolute atomic E-state index is 11.7. The first-order valence-electron chi connectivity index (χ1n) is 7.77. The first-order chi connectivity index (χ1) is 10.1. The van der Waals surface area contributed by atoms with Gasteiger partial charge in [0.05, 0.1) is 12.7 Å². The van der Waals surface area contributed by atoms with E-state index in [9.17, 15) is 9.90 Å². The van der Waals surface area contributed by atoms with Gasteiger partial charge in [-0.1, -0.05) is 17.7 Å². The molecule has 1 saturated carbocycles. The summed E-state index contributed by atoms with van der Waals surface area (Å²) in [5.74, 6) is 1.36. The molecular weight excluding hydrogens is 266 g/mol. The second kappa shape index (κ2) is 8.03. The van der Waals surface area contributed by atoms with Crippen LogP contribution in [-0.4, -0.2) is 30.3 Å². The lowest BCUT2D eigenvalue weighted by Crippen LogP contribution is -2.28. The van der Waals surface area contributed by atoms with Crippen molar-refractivity contribution >= 4 is 5.91 Å². The monoisotopic (exact) mass is 291 g/mol. The molecule has 116 valence electrons. The molecule has 2 N–H and O–H groups in total. The highest BCUT2D eigenvalue weighted by Crippen LogP contribution is 2.24. The molecule has 0 radical (unpaired) electrons. The lowest BCUT2D eigenvalue weighted by atomic mass is 10.1. The fourth-order valence-electron chi connectivity index (χ4n) is 2.64. The van der Waals surface area contributed by atoms with Gasteiger partial charge in [-0.2, -0.15) is 0 Å². The van der Waals surface area contributed by atoms with Crippen molar-refractivity contribution in [3.05, 3.63) is 29.8 Å². The fourth-order valence-corrected chi connectivity index (χ4v) is 2.64. The van der Waals surface area contributed by atoms with Crippen LogP contribution in [0.15, 0.2) is 24.3 Å². The van der Waals surface area contributed by atoms with E-state index < -0.39 is 0 Å². The average molecular weight is 291 g/mol. The Balaban J connectivity index is 1.54. The lowest BCUT2D eigenvalue weighted by Gasteiger charge is -2.11. The van der Waals surface area contributed by atoms with Crippen molar-refractivity contribution in [2.75, 3.05) is 13.2 Å². The minimum absolute atomic E-state index is 0.0731. The summed E-state index contributed by atoms with van der Waals surface area (Å²) in [4.78, 5) is 11.7. The van der Waals surface area contributed by atoms with Crippen molar-refractivity contribution in [2.24, 2.45) is 5.92 Å². The van der Waals surface area contributed by atoms with E-state index in [1.165, 1.54) is 5.56 Å². The van der Waals surface area contributed by atoms with Gasteiger partial charge < -0.3 is 15.2 Å². The van der Waals surface area contributed by atoms with Gasteiger partial charge >= 0.3 is 0 Å². The van der Waals surface area contributed by atoms with E-state index in [2.05, 4.69) is 5.32 Å². The predicted octanol–water partition coefficient (Wildman–Crippen LogP) is 2.43. The van der Waals surface area contributed by atoms with Crippen molar-refractivity contribution in [3.63, 3.8) is 0 Å². The molecule has 0 spiro atoms. The quantitative estimate of drug-likeness (QED) is 0.759. The van der Waals surface area contributed by atoms with Gasteiger partial charge in [0.15, 0.2) is 0 Å². The molecule has 0 saturated heterocycles. The zero-order valence-electron chi connectivity index (χ0n) is 12.7. The van der Waals surface area contributed by atoms with Crippen molar-refractivity contribution in [1.29, 1.82) is 0 Å². The molecule has 0 aliphatic heterocycles. The highest BCUT2D eigenvalue weighted by molar-refractivity contribution is 5.75. The Labute approximate surface area is 126 Å². The SMILES string of the molecule is Cc1ccc(OCCCC(=O)NCC2CCC(O)C2)cc1. The zero-order chi connectivity index (χ0) is 15.1. The molecule has 2 unspecified atom stereocenters. The highest BCUT2D eigenvalue weighted by atomic mass is 16.5. The molecule has 4 heteroatoms. The van der Waals surface area contributed by atoms with Crippen LogP contribution < -0.4 is 10.1 Å². The number of nitrogens with one attached hydrogen (secondary N) is 1. The molecule has 1 aliphatic carbocycles. The number of aliphatic hydroxyl groups is 1. The largest absolute Gasteiger partial charge is 0.494 e. The number of benzene rings is 1. The number of carbonyl (C=O) groups excluding carboxylic acids is 1. The molecule has 4 nitrogen and oxygen atoms in total. The van der Waals surface area contributed by atoms with Crippen molar-refractivity contribution in [1.82, 2.24) is 5.32 Å². The van der Waals surface area contributed by atoms with Crippen LogP contribution >= 0.6 is 0 Å². The van der Waals surface area contributed by atoms with Crippen LogP contribution in [0.3, 0.4) is 0 Å². The summed E-state index contributed by atoms with van der Waals surface area (Å²) in [5, 5.41) is 12.4. The molecule has 1 aromatic carbocycles. The maximum Gasteiger partial charge on any atom is 0.220 e. The van der Waals surface area contributed by atoms with E-state index >= 15 is 0 Å². The summed E-state index contributed by atoms with van der Waals surface area (Å²) >= 11 is 0. The molecule has 2 rings (SSSR count). The summed E-state index contributed by atoms with van der Waals surface area (Å²) in [6.07, 6.45) is 3.73. The van der Waals surface area contributed by atoms with E-state index in [4.69, 9.17) is 4.74 Å². The number of ether oxygens (including phenoxy) is 1. The molecule has 21 heavy (non-hydrogen) atoms. The molecule has 1 aliphatic rings. The third kappa shape index (κ3) is 5.76. The summed E-state index contributed by atoms with van der Waals surface area (Å²) in [6, 6.07) is 7.91. The second-order valence-electron chi connectivity index (χ2n) is 5.90. The van der Waals surface area contributed by atoms with Gasteiger partial charge in [0.1, 0.15) is 5.75 Å². The standard InChI is InChI=1S/C17H25NO3/c1-13-4-8-16(9-5-13)21-10-2-3-17(20)18-12-14-6-7-15(19)11-14/h4-5,8-9,14-15,19H,2-3,6-7,10-12H2,1H3,(H,18,20). The minimum Gasteiger partial charge on any atom is -0.494 e. The Morgan fingerprint density at radius 1 is 1.33 bits per heavy atom. The Bertz CT molecular complexity index is 444. The van der Waals surface area contributed by atoms with Crippen LogP contribution in [0.4, 0.5) is 0 Å². The first kappa shape index (κ1) is 15.8. The Kier molecular flexibility index (Phi) is 6.05. The van der Waals surface area contributed by atoms with Gasteiger partial charge in [0.25, 0.3) is 0 Å². The van der Waals surface area contributed by atoms with Gasteiger partial charge in [-0.15, -0.1) is 0 Å². The van der Waals surface area contributed by atoms with Crippen molar-refractivity contribution in [3.8, 4) is 5.75 Å². The smallest absolute Gasteiger partial charge is 0.220 e. The number of aryl methyl sites for hydroxylation is 1. The molecule has 2 atom stereocenters. The summed E-state index contributed by atoms with van der Waals surface area (Å²) < 4.78 is 5.59. The number of amides is 1. The van der Waals surface area contributed by atoms with E-state index in [1.54, 1.807) is 0 Å². The molecular formula is C17H25NO3. The van der Waals surface area contributed by atoms with E-state index in [0.717, 1.165) is 25.0 Å². The Morgan fingerprint density at radius 3 is 2.76 bits per heavy atom. The Morgan fingerprint density at radius 2 is 2.10 bits per heavy atom. The highest BCUT2D eigenvalue weighted by Gasteiger charge is 2.22. The number of aliphatic hydroxyl groups excluding tert-OH is 1. The summed E-state index contributed by atoms with van der Waals surface area (Å²) in [5.41, 5.74) is 1.21. The maximum atomic E-state index is 11.7. The van der Waals surface area contributed by atoms with Gasteiger partial charge in [0, 0.05) is 13.0 Å². The Hall–Kier alpha value is -1.55. The van der Waals surface area contributed by atoms with Crippen LogP contribution in [0.2, 0.25) is 0 Å². The van der Waals surface area contributed by atoms with Crippen LogP contribution in [0.25, 0.3) is 0 Å². The first-order valence-corrected chi connectivity index (χ1v) is 7.77. The van der Waals surface area contributed by atoms with Crippen LogP contribution in [0.1, 0.15) is 37.7 Å². The van der Waals surface area contributed by atoms with Crippen LogP contribution in [0, 0.1) is 12.8 Å².